The number of hydrogen-bond acceptors (Lipinski definition) is 3. The van der Waals surface area contributed by atoms with Crippen molar-refractivity contribution in [1.29, 1.82) is 0 Å². The summed E-state index contributed by atoms with van der Waals surface area (Å²) < 4.78 is 57.8. The zero-order valence-electron chi connectivity index (χ0n) is 9.96. The summed E-state index contributed by atoms with van der Waals surface area (Å²) in [7, 11) is 0. The molecule has 20 heavy (non-hydrogen) atoms. The zero-order chi connectivity index (χ0) is 14.8. The highest BCUT2D eigenvalue weighted by Gasteiger charge is 2.33. The van der Waals surface area contributed by atoms with E-state index in [2.05, 4.69) is 9.97 Å². The third-order valence-corrected chi connectivity index (χ3v) is 2.89. The maximum absolute atomic E-state index is 12.8. The van der Waals surface area contributed by atoms with Crippen molar-refractivity contribution in [1.82, 2.24) is 9.97 Å². The minimum absolute atomic E-state index is 0.0633. The summed E-state index contributed by atoms with van der Waals surface area (Å²) in [4.78, 5) is 7.17. The van der Waals surface area contributed by atoms with Gasteiger partial charge >= 0.3 is 6.18 Å². The summed E-state index contributed by atoms with van der Waals surface area (Å²) >= 11 is -2.31. The van der Waals surface area contributed by atoms with Crippen LogP contribution in [0.1, 0.15) is 11.5 Å². The van der Waals surface area contributed by atoms with Crippen LogP contribution in [0.4, 0.5) is 13.2 Å². The number of hydrogen-bond donors (Lipinski definition) is 1. The number of rotatable bonds is 3. The van der Waals surface area contributed by atoms with E-state index in [1.54, 1.807) is 30.3 Å². The van der Waals surface area contributed by atoms with Crippen molar-refractivity contribution in [2.45, 2.75) is 11.9 Å². The summed E-state index contributed by atoms with van der Waals surface area (Å²) in [6.07, 6.45) is -4.64. The SMILES string of the molecule is O=S(O)Cc1nc(-c2ccccc2)cc(C(F)(F)F)n1. The lowest BCUT2D eigenvalue weighted by molar-refractivity contribution is -0.141. The van der Waals surface area contributed by atoms with Gasteiger partial charge in [0.05, 0.1) is 5.69 Å². The molecule has 8 heteroatoms. The van der Waals surface area contributed by atoms with E-state index < -0.39 is 28.7 Å². The van der Waals surface area contributed by atoms with Crippen LogP contribution in [-0.2, 0) is 23.0 Å². The molecule has 0 spiro atoms. The smallest absolute Gasteiger partial charge is 0.306 e. The lowest BCUT2D eigenvalue weighted by atomic mass is 10.1. The van der Waals surface area contributed by atoms with E-state index >= 15 is 0 Å². The molecule has 0 radical (unpaired) electrons. The van der Waals surface area contributed by atoms with E-state index in [-0.39, 0.29) is 11.5 Å². The predicted octanol–water partition coefficient (Wildman–Crippen LogP) is 2.88. The Hall–Kier alpha value is -1.80. The number of aromatic nitrogens is 2. The molecule has 0 aliphatic carbocycles. The Balaban J connectivity index is 2.54. The second-order valence-corrected chi connectivity index (χ2v) is 4.82. The molecule has 2 aromatic rings. The van der Waals surface area contributed by atoms with Crippen LogP contribution in [0.5, 0.6) is 0 Å². The van der Waals surface area contributed by atoms with Crippen molar-refractivity contribution >= 4 is 11.1 Å². The minimum atomic E-state index is -4.64. The van der Waals surface area contributed by atoms with Gasteiger partial charge in [0.1, 0.15) is 17.3 Å². The number of nitrogens with zero attached hydrogens (tertiary/aromatic N) is 2. The molecule has 0 aliphatic heterocycles. The fraction of sp³-hybridized carbons (Fsp3) is 0.167. The first-order valence-corrected chi connectivity index (χ1v) is 6.72. The average Bonchev–Trinajstić information content (AvgIpc) is 2.37. The summed E-state index contributed by atoms with van der Waals surface area (Å²) in [5, 5.41) is 0. The summed E-state index contributed by atoms with van der Waals surface area (Å²) in [6.45, 7) is 0. The number of benzene rings is 1. The first kappa shape index (κ1) is 14.6. The Kier molecular flexibility index (Phi) is 4.15. The van der Waals surface area contributed by atoms with Gasteiger partial charge in [0.25, 0.3) is 0 Å². The Morgan fingerprint density at radius 3 is 2.35 bits per heavy atom. The van der Waals surface area contributed by atoms with E-state index in [0.29, 0.717) is 5.56 Å². The van der Waals surface area contributed by atoms with Gasteiger partial charge in [-0.3, -0.25) is 0 Å². The molecule has 1 atom stereocenters. The second kappa shape index (κ2) is 5.68. The first-order chi connectivity index (χ1) is 9.36. The van der Waals surface area contributed by atoms with E-state index in [9.17, 15) is 17.4 Å². The van der Waals surface area contributed by atoms with Crippen LogP contribution in [0, 0.1) is 0 Å². The Morgan fingerprint density at radius 2 is 1.80 bits per heavy atom. The predicted molar refractivity (Wildman–Crippen MR) is 66.9 cm³/mol. The van der Waals surface area contributed by atoms with Crippen LogP contribution in [-0.4, -0.2) is 18.7 Å². The van der Waals surface area contributed by atoms with Crippen LogP contribution in [0.15, 0.2) is 36.4 Å². The van der Waals surface area contributed by atoms with Crippen LogP contribution in [0.2, 0.25) is 0 Å². The molecule has 0 saturated heterocycles. The fourth-order valence-corrected chi connectivity index (χ4v) is 1.92. The Bertz CT molecular complexity index is 632. The molecular formula is C12H9F3N2O2S. The van der Waals surface area contributed by atoms with E-state index in [4.69, 9.17) is 4.55 Å². The van der Waals surface area contributed by atoms with Crippen molar-refractivity contribution in [2.24, 2.45) is 0 Å². The maximum atomic E-state index is 12.8. The van der Waals surface area contributed by atoms with Crippen molar-refractivity contribution in [3.63, 3.8) is 0 Å². The van der Waals surface area contributed by atoms with Gasteiger partial charge in [-0.15, -0.1) is 0 Å². The minimum Gasteiger partial charge on any atom is -0.306 e. The molecule has 106 valence electrons. The Labute approximate surface area is 115 Å². The lowest BCUT2D eigenvalue weighted by Crippen LogP contribution is -2.12. The van der Waals surface area contributed by atoms with Crippen LogP contribution in [0.3, 0.4) is 0 Å². The normalized spacial score (nSPS) is 13.2. The molecule has 0 bridgehead atoms. The number of alkyl halides is 3. The van der Waals surface area contributed by atoms with Gasteiger partial charge in [-0.2, -0.15) is 13.2 Å². The largest absolute Gasteiger partial charge is 0.433 e. The second-order valence-electron chi connectivity index (χ2n) is 3.88. The summed E-state index contributed by atoms with van der Waals surface area (Å²) in [5.74, 6) is -0.872. The van der Waals surface area contributed by atoms with Gasteiger partial charge in [0.15, 0.2) is 11.1 Å². The van der Waals surface area contributed by atoms with Crippen LogP contribution in [0.25, 0.3) is 11.3 Å². The maximum Gasteiger partial charge on any atom is 0.433 e. The highest BCUT2D eigenvalue weighted by Crippen LogP contribution is 2.30. The summed E-state index contributed by atoms with van der Waals surface area (Å²) in [5.41, 5.74) is -0.592. The third kappa shape index (κ3) is 3.61. The standard InChI is InChI=1S/C12H9F3N2O2S/c13-12(14,15)10-6-9(8-4-2-1-3-5-8)16-11(17-10)7-20(18)19/h1-6H,7H2,(H,18,19). The van der Waals surface area contributed by atoms with Crippen LogP contribution >= 0.6 is 0 Å². The molecular weight excluding hydrogens is 293 g/mol. The van der Waals surface area contributed by atoms with Gasteiger partial charge in [0.2, 0.25) is 0 Å². The molecule has 1 N–H and O–H groups in total. The topological polar surface area (TPSA) is 63.1 Å². The van der Waals surface area contributed by atoms with E-state index in [1.165, 1.54) is 0 Å². The fourth-order valence-electron chi connectivity index (χ4n) is 1.57. The van der Waals surface area contributed by atoms with Crippen molar-refractivity contribution < 1.29 is 21.9 Å². The third-order valence-electron chi connectivity index (χ3n) is 2.39. The molecule has 1 heterocycles. The quantitative estimate of drug-likeness (QED) is 0.886. The van der Waals surface area contributed by atoms with Gasteiger partial charge in [-0.25, -0.2) is 14.2 Å². The molecule has 0 saturated carbocycles. The highest BCUT2D eigenvalue weighted by atomic mass is 32.2. The van der Waals surface area contributed by atoms with Crippen molar-refractivity contribution in [2.75, 3.05) is 0 Å². The van der Waals surface area contributed by atoms with Gasteiger partial charge < -0.3 is 4.55 Å². The Morgan fingerprint density at radius 1 is 1.15 bits per heavy atom. The van der Waals surface area contributed by atoms with E-state index in [0.717, 1.165) is 6.07 Å². The molecule has 2 rings (SSSR count). The molecule has 0 amide bonds. The summed E-state index contributed by atoms with van der Waals surface area (Å²) in [6, 6.07) is 9.06. The highest BCUT2D eigenvalue weighted by molar-refractivity contribution is 7.78. The van der Waals surface area contributed by atoms with Crippen LogP contribution < -0.4 is 0 Å². The first-order valence-electron chi connectivity index (χ1n) is 5.44. The molecule has 0 aliphatic rings. The van der Waals surface area contributed by atoms with E-state index in [1.807, 2.05) is 0 Å². The number of halogens is 3. The van der Waals surface area contributed by atoms with Gasteiger partial charge in [-0.1, -0.05) is 30.3 Å². The molecule has 1 aromatic heterocycles. The molecule has 1 aromatic carbocycles. The monoisotopic (exact) mass is 302 g/mol. The van der Waals surface area contributed by atoms with Crippen molar-refractivity contribution in [3.05, 3.63) is 47.9 Å². The zero-order valence-corrected chi connectivity index (χ0v) is 10.8. The molecule has 0 fully saturated rings. The average molecular weight is 302 g/mol. The van der Waals surface area contributed by atoms with Gasteiger partial charge in [-0.05, 0) is 6.07 Å². The van der Waals surface area contributed by atoms with Gasteiger partial charge in [0, 0.05) is 5.56 Å². The molecule has 1 unspecified atom stereocenters. The lowest BCUT2D eigenvalue weighted by Gasteiger charge is -2.10. The van der Waals surface area contributed by atoms with Crippen molar-refractivity contribution in [3.8, 4) is 11.3 Å². The molecule has 4 nitrogen and oxygen atoms in total.